The predicted octanol–water partition coefficient (Wildman–Crippen LogP) is 6.45. The number of hydrogen-bond donors (Lipinski definition) is 0. The second-order valence-electron chi connectivity index (χ2n) is 8.18. The van der Waals surface area contributed by atoms with E-state index in [1.165, 1.54) is 0 Å². The Morgan fingerprint density at radius 3 is 2.44 bits per heavy atom. The summed E-state index contributed by atoms with van der Waals surface area (Å²) in [5.74, 6) is -4.22. The van der Waals surface area contributed by atoms with Crippen LogP contribution in [0, 0.1) is 31.3 Å². The van der Waals surface area contributed by atoms with Crippen LogP contribution in [0.2, 0.25) is 0 Å². The number of fused-ring (bicyclic) bond motifs is 1. The summed E-state index contributed by atoms with van der Waals surface area (Å²) in [6, 6.07) is 7.36. The number of anilines is 1. The zero-order valence-corrected chi connectivity index (χ0v) is 18.6. The van der Waals surface area contributed by atoms with Gasteiger partial charge in [-0.2, -0.15) is 10.1 Å². The maximum Gasteiger partial charge on any atom is 0.280 e. The Bertz CT molecular complexity index is 1320. The first kappa shape index (κ1) is 21.9. The topological polar surface area (TPSA) is 37.6 Å². The first-order chi connectivity index (χ1) is 15.1. The number of carbonyl (C=O) groups excluding carboxylic acids is 1. The number of nitrogens with zero attached hydrogens (tertiary/aromatic N) is 3. The number of halogens is 3. The van der Waals surface area contributed by atoms with Crippen molar-refractivity contribution in [2.45, 2.75) is 47.1 Å². The zero-order chi connectivity index (χ0) is 23.3. The van der Waals surface area contributed by atoms with Gasteiger partial charge in [-0.05, 0) is 45.8 Å². The Morgan fingerprint density at radius 2 is 1.75 bits per heavy atom. The van der Waals surface area contributed by atoms with Crippen molar-refractivity contribution in [1.29, 1.82) is 0 Å². The number of para-hydroxylation sites is 1. The lowest BCUT2D eigenvalue weighted by Crippen LogP contribution is -2.22. The molecule has 0 saturated carbocycles. The predicted molar refractivity (Wildman–Crippen MR) is 121 cm³/mol. The normalized spacial score (nSPS) is 16.4. The third kappa shape index (κ3) is 3.32. The first-order valence-electron chi connectivity index (χ1n) is 10.5. The molecule has 7 heteroatoms. The molecule has 0 spiro atoms. The van der Waals surface area contributed by atoms with Crippen molar-refractivity contribution in [2.75, 3.05) is 5.01 Å². The van der Waals surface area contributed by atoms with Crippen molar-refractivity contribution in [2.24, 2.45) is 5.10 Å². The molecule has 3 aromatic rings. The highest BCUT2D eigenvalue weighted by Crippen LogP contribution is 2.35. The molecule has 1 aromatic heterocycles. The Kier molecular flexibility index (Phi) is 5.44. The molecule has 0 aliphatic carbocycles. The highest BCUT2D eigenvalue weighted by atomic mass is 19.2. The molecule has 166 valence electrons. The highest BCUT2D eigenvalue weighted by molar-refractivity contribution is 6.32. The number of rotatable bonds is 4. The molecule has 0 fully saturated rings. The van der Waals surface area contributed by atoms with Crippen molar-refractivity contribution in [1.82, 2.24) is 4.57 Å². The van der Waals surface area contributed by atoms with Gasteiger partial charge in [0.25, 0.3) is 5.91 Å². The van der Waals surface area contributed by atoms with Gasteiger partial charge >= 0.3 is 0 Å². The van der Waals surface area contributed by atoms with Gasteiger partial charge in [-0.1, -0.05) is 25.1 Å². The van der Waals surface area contributed by atoms with Crippen molar-refractivity contribution in [3.8, 4) is 0 Å². The van der Waals surface area contributed by atoms with E-state index in [9.17, 15) is 18.0 Å². The van der Waals surface area contributed by atoms with Crippen molar-refractivity contribution in [3.05, 3.63) is 70.2 Å². The maximum absolute atomic E-state index is 14.3. The number of carbonyl (C=O) groups is 1. The van der Waals surface area contributed by atoms with Gasteiger partial charge in [0.1, 0.15) is 5.69 Å². The lowest BCUT2D eigenvalue weighted by atomic mass is 10.0. The summed E-state index contributed by atoms with van der Waals surface area (Å²) in [5.41, 5.74) is 4.35. The summed E-state index contributed by atoms with van der Waals surface area (Å²) in [7, 11) is 0. The fraction of sp³-hybridized carbons (Fsp3) is 0.280. The molecule has 0 bridgehead atoms. The van der Waals surface area contributed by atoms with Crippen LogP contribution in [0.3, 0.4) is 0 Å². The number of aromatic nitrogens is 1. The molecule has 1 aliphatic rings. The quantitative estimate of drug-likeness (QED) is 0.340. The molecule has 0 N–H and O–H groups in total. The Hall–Kier alpha value is -3.35. The lowest BCUT2D eigenvalue weighted by molar-refractivity contribution is -0.114. The summed E-state index contributed by atoms with van der Waals surface area (Å²) in [4.78, 5) is 13.1. The lowest BCUT2D eigenvalue weighted by Gasteiger charge is -2.17. The third-order valence-electron chi connectivity index (χ3n) is 6.12. The van der Waals surface area contributed by atoms with Crippen molar-refractivity contribution >= 4 is 34.3 Å². The average Bonchev–Trinajstić information content (AvgIpc) is 3.19. The van der Waals surface area contributed by atoms with E-state index in [4.69, 9.17) is 0 Å². The number of hydrogen-bond acceptors (Lipinski definition) is 2. The summed E-state index contributed by atoms with van der Waals surface area (Å²) >= 11 is 0. The van der Waals surface area contributed by atoms with Crippen LogP contribution < -0.4 is 5.01 Å². The SMILES string of the molecule is CC[C@@H](C)n1c(C)c(/C=C2/C(=O)N(c3cc(F)c(F)cc3F)N=C2C)c2cccc(C)c21. The molecule has 4 rings (SSSR count). The van der Waals surface area contributed by atoms with E-state index in [0.717, 1.165) is 39.2 Å². The Labute approximate surface area is 184 Å². The smallest absolute Gasteiger partial charge is 0.280 e. The number of aryl methyl sites for hydroxylation is 1. The Morgan fingerprint density at radius 1 is 1.06 bits per heavy atom. The third-order valence-corrected chi connectivity index (χ3v) is 6.12. The minimum atomic E-state index is -1.32. The van der Waals surface area contributed by atoms with E-state index in [-0.39, 0.29) is 11.6 Å². The molecule has 4 nitrogen and oxygen atoms in total. The number of hydrazone groups is 1. The Balaban J connectivity index is 1.87. The van der Waals surface area contributed by atoms with Crippen LogP contribution in [0.15, 0.2) is 41.0 Å². The molecule has 1 atom stereocenters. The van der Waals surface area contributed by atoms with Crippen LogP contribution in [-0.4, -0.2) is 16.2 Å². The van der Waals surface area contributed by atoms with E-state index in [2.05, 4.69) is 36.5 Å². The summed E-state index contributed by atoms with van der Waals surface area (Å²) in [6.07, 6.45) is 2.70. The van der Waals surface area contributed by atoms with E-state index in [1.807, 2.05) is 19.1 Å². The van der Waals surface area contributed by atoms with Gasteiger partial charge in [0.2, 0.25) is 0 Å². The van der Waals surface area contributed by atoms with Crippen LogP contribution in [0.1, 0.15) is 50.1 Å². The largest absolute Gasteiger partial charge is 0.341 e. The van der Waals surface area contributed by atoms with Gasteiger partial charge in [0.15, 0.2) is 17.5 Å². The highest BCUT2D eigenvalue weighted by Gasteiger charge is 2.32. The summed E-state index contributed by atoms with van der Waals surface area (Å²) in [5, 5.41) is 5.92. The number of benzene rings is 2. The molecule has 1 amide bonds. The zero-order valence-electron chi connectivity index (χ0n) is 18.6. The minimum absolute atomic E-state index is 0.257. The standard InChI is InChI=1S/C25H24F3N3O/c1-6-14(3)30-16(5)19(17-9-7-8-13(2)24(17)30)10-18-15(4)29-31(25(18)32)23-12-21(27)20(26)11-22(23)28/h7-12,14H,6H2,1-5H3/b18-10+/t14-/m1/s1. The second-order valence-corrected chi connectivity index (χ2v) is 8.18. The van der Waals surface area contributed by atoms with E-state index < -0.39 is 29.0 Å². The van der Waals surface area contributed by atoms with Gasteiger partial charge in [0, 0.05) is 34.8 Å². The van der Waals surface area contributed by atoms with Crippen molar-refractivity contribution < 1.29 is 18.0 Å². The van der Waals surface area contributed by atoms with E-state index >= 15 is 0 Å². The van der Waals surface area contributed by atoms with Crippen LogP contribution >= 0.6 is 0 Å². The molecule has 0 radical (unpaired) electrons. The number of amides is 1. The second kappa shape index (κ2) is 7.97. The minimum Gasteiger partial charge on any atom is -0.341 e. The van der Waals surface area contributed by atoms with Crippen molar-refractivity contribution in [3.63, 3.8) is 0 Å². The molecule has 0 unspecified atom stereocenters. The van der Waals surface area contributed by atoms with E-state index in [0.29, 0.717) is 17.8 Å². The maximum atomic E-state index is 14.3. The van der Waals surface area contributed by atoms with E-state index in [1.54, 1.807) is 13.0 Å². The van der Waals surface area contributed by atoms with Gasteiger partial charge in [0.05, 0.1) is 16.8 Å². The molecule has 0 saturated heterocycles. The monoisotopic (exact) mass is 439 g/mol. The molecule has 1 aliphatic heterocycles. The summed E-state index contributed by atoms with van der Waals surface area (Å²) in [6.45, 7) is 9.97. The molecule has 2 aromatic carbocycles. The first-order valence-corrected chi connectivity index (χ1v) is 10.5. The van der Waals surface area contributed by atoms with Crippen LogP contribution in [0.4, 0.5) is 18.9 Å². The van der Waals surface area contributed by atoms with Crippen LogP contribution in [0.25, 0.3) is 17.0 Å². The van der Waals surface area contributed by atoms with Crippen LogP contribution in [-0.2, 0) is 4.79 Å². The fourth-order valence-corrected chi connectivity index (χ4v) is 4.27. The van der Waals surface area contributed by atoms with Gasteiger partial charge in [-0.3, -0.25) is 4.79 Å². The average molecular weight is 439 g/mol. The molecular formula is C25H24F3N3O. The molecule has 32 heavy (non-hydrogen) atoms. The van der Waals surface area contributed by atoms with Gasteiger partial charge in [-0.15, -0.1) is 0 Å². The summed E-state index contributed by atoms with van der Waals surface area (Å²) < 4.78 is 43.6. The van der Waals surface area contributed by atoms with Gasteiger partial charge < -0.3 is 4.57 Å². The fourth-order valence-electron chi connectivity index (χ4n) is 4.27. The van der Waals surface area contributed by atoms with Gasteiger partial charge in [-0.25, -0.2) is 13.2 Å². The van der Waals surface area contributed by atoms with Crippen LogP contribution in [0.5, 0.6) is 0 Å². The molecule has 2 heterocycles. The molecular weight excluding hydrogens is 415 g/mol.